The van der Waals surface area contributed by atoms with Crippen LogP contribution in [0.5, 0.6) is 0 Å². The van der Waals surface area contributed by atoms with E-state index in [1.165, 1.54) is 0 Å². The van der Waals surface area contributed by atoms with Crippen molar-refractivity contribution in [1.82, 2.24) is 0 Å². The second kappa shape index (κ2) is 9.13. The Morgan fingerprint density at radius 1 is 1.07 bits per heavy atom. The number of ether oxygens (including phenoxy) is 2. The molecule has 0 aliphatic heterocycles. The highest BCUT2D eigenvalue weighted by Crippen LogP contribution is 2.29. The van der Waals surface area contributed by atoms with Crippen LogP contribution in [0.1, 0.15) is 39.5 Å². The summed E-state index contributed by atoms with van der Waals surface area (Å²) in [5, 5.41) is 9.34. The van der Waals surface area contributed by atoms with E-state index in [0.29, 0.717) is 0 Å². The lowest BCUT2D eigenvalue weighted by atomic mass is 9.80. The Kier molecular flexibility index (Phi) is 9.06. The highest BCUT2D eigenvalue weighted by Gasteiger charge is 2.24. The maximum Gasteiger partial charge on any atom is 0.0488 e. The maximum atomic E-state index is 9.34. The molecule has 15 heavy (non-hydrogen) atoms. The van der Waals surface area contributed by atoms with E-state index < -0.39 is 0 Å². The third-order valence-corrected chi connectivity index (χ3v) is 3.25. The molecule has 0 bridgehead atoms. The minimum Gasteiger partial charge on any atom is -0.396 e. The van der Waals surface area contributed by atoms with E-state index in [1.54, 1.807) is 7.11 Å². The molecule has 0 rings (SSSR count). The van der Waals surface area contributed by atoms with Crippen LogP contribution in [-0.2, 0) is 9.47 Å². The molecule has 0 saturated carbocycles. The lowest BCUT2D eigenvalue weighted by molar-refractivity contribution is 0.0442. The van der Waals surface area contributed by atoms with Crippen LogP contribution < -0.4 is 0 Å². The van der Waals surface area contributed by atoms with Crippen molar-refractivity contribution in [2.24, 2.45) is 5.41 Å². The van der Waals surface area contributed by atoms with Crippen molar-refractivity contribution in [1.29, 1.82) is 0 Å². The zero-order valence-electron chi connectivity index (χ0n) is 10.4. The van der Waals surface area contributed by atoms with Gasteiger partial charge in [-0.2, -0.15) is 0 Å². The molecule has 3 heteroatoms. The van der Waals surface area contributed by atoms with E-state index in [0.717, 1.165) is 45.5 Å². The first-order valence-corrected chi connectivity index (χ1v) is 5.92. The number of rotatable bonds is 10. The lowest BCUT2D eigenvalue weighted by Crippen LogP contribution is -2.25. The van der Waals surface area contributed by atoms with E-state index in [-0.39, 0.29) is 12.0 Å². The maximum absolute atomic E-state index is 9.34. The number of methoxy groups -OCH3 is 1. The molecule has 92 valence electrons. The van der Waals surface area contributed by atoms with Gasteiger partial charge in [0.05, 0.1) is 0 Å². The molecule has 0 amide bonds. The van der Waals surface area contributed by atoms with Crippen molar-refractivity contribution < 1.29 is 14.6 Å². The second-order valence-corrected chi connectivity index (χ2v) is 4.07. The fourth-order valence-corrected chi connectivity index (χ4v) is 1.60. The Morgan fingerprint density at radius 3 is 2.20 bits per heavy atom. The van der Waals surface area contributed by atoms with Crippen LogP contribution in [-0.4, -0.2) is 38.6 Å². The fraction of sp³-hybridized carbons (Fsp3) is 1.00. The first kappa shape index (κ1) is 14.9. The van der Waals surface area contributed by atoms with Crippen LogP contribution in [0.2, 0.25) is 0 Å². The topological polar surface area (TPSA) is 38.7 Å². The summed E-state index contributed by atoms with van der Waals surface area (Å²) >= 11 is 0. The molecule has 0 radical (unpaired) electrons. The van der Waals surface area contributed by atoms with Crippen molar-refractivity contribution in [2.75, 3.05) is 33.5 Å². The van der Waals surface area contributed by atoms with E-state index in [1.807, 2.05) is 0 Å². The van der Waals surface area contributed by atoms with Gasteiger partial charge in [-0.05, 0) is 31.1 Å². The van der Waals surface area contributed by atoms with Crippen molar-refractivity contribution in [3.8, 4) is 0 Å². The van der Waals surface area contributed by atoms with E-state index >= 15 is 0 Å². The molecule has 0 spiro atoms. The number of hydrogen-bond donors (Lipinski definition) is 1. The average molecular weight is 218 g/mol. The molecule has 0 aromatic carbocycles. The quantitative estimate of drug-likeness (QED) is 0.571. The first-order valence-electron chi connectivity index (χ1n) is 5.92. The largest absolute Gasteiger partial charge is 0.396 e. The molecule has 0 aliphatic rings. The third kappa shape index (κ3) is 6.13. The number of aliphatic hydroxyl groups excluding tert-OH is 1. The van der Waals surface area contributed by atoms with Gasteiger partial charge in [0, 0.05) is 33.5 Å². The van der Waals surface area contributed by atoms with Gasteiger partial charge < -0.3 is 14.6 Å². The Labute approximate surface area is 93.8 Å². The summed E-state index contributed by atoms with van der Waals surface area (Å²) in [6.07, 6.45) is 3.92. The van der Waals surface area contributed by atoms with Crippen LogP contribution in [0.15, 0.2) is 0 Å². The molecule has 0 fully saturated rings. The monoisotopic (exact) mass is 218 g/mol. The molecule has 0 aromatic rings. The highest BCUT2D eigenvalue weighted by atomic mass is 16.5. The number of aliphatic hydroxyl groups is 1. The Morgan fingerprint density at radius 2 is 1.73 bits per heavy atom. The van der Waals surface area contributed by atoms with Gasteiger partial charge in [0.2, 0.25) is 0 Å². The summed E-state index contributed by atoms with van der Waals surface area (Å²) in [4.78, 5) is 0. The SMILES string of the molecule is CCC(CC)(CO)CCOCCCOC. The Bertz CT molecular complexity index is 125. The number of hydrogen-bond acceptors (Lipinski definition) is 3. The van der Waals surface area contributed by atoms with Gasteiger partial charge in [0.1, 0.15) is 0 Å². The van der Waals surface area contributed by atoms with Gasteiger partial charge in [0.25, 0.3) is 0 Å². The fourth-order valence-electron chi connectivity index (χ4n) is 1.60. The minimum atomic E-state index is 0.0707. The molecule has 1 N–H and O–H groups in total. The molecular formula is C12H26O3. The van der Waals surface area contributed by atoms with Crippen LogP contribution in [0.4, 0.5) is 0 Å². The van der Waals surface area contributed by atoms with Crippen LogP contribution in [0, 0.1) is 5.41 Å². The molecular weight excluding hydrogens is 192 g/mol. The van der Waals surface area contributed by atoms with Crippen LogP contribution in [0.3, 0.4) is 0 Å². The average Bonchev–Trinajstić information content (AvgIpc) is 2.29. The van der Waals surface area contributed by atoms with Crippen molar-refractivity contribution in [2.45, 2.75) is 39.5 Å². The smallest absolute Gasteiger partial charge is 0.0488 e. The molecule has 3 nitrogen and oxygen atoms in total. The van der Waals surface area contributed by atoms with Crippen molar-refractivity contribution >= 4 is 0 Å². The summed E-state index contributed by atoms with van der Waals surface area (Å²) in [6.45, 7) is 6.78. The first-order chi connectivity index (χ1) is 7.24. The standard InChI is InChI=1S/C12H26O3/c1-4-12(5-2,11-13)7-10-15-9-6-8-14-3/h13H,4-11H2,1-3H3. The second-order valence-electron chi connectivity index (χ2n) is 4.07. The van der Waals surface area contributed by atoms with E-state index in [9.17, 15) is 5.11 Å². The normalized spacial score (nSPS) is 12.0. The highest BCUT2D eigenvalue weighted by molar-refractivity contribution is 4.75. The molecule has 0 unspecified atom stereocenters. The lowest BCUT2D eigenvalue weighted by Gasteiger charge is -2.29. The predicted octanol–water partition coefficient (Wildman–Crippen LogP) is 2.23. The summed E-state index contributed by atoms with van der Waals surface area (Å²) < 4.78 is 10.4. The molecule has 0 saturated heterocycles. The van der Waals surface area contributed by atoms with Gasteiger partial charge >= 0.3 is 0 Å². The zero-order chi connectivity index (χ0) is 11.6. The molecule has 0 aromatic heterocycles. The zero-order valence-corrected chi connectivity index (χ0v) is 10.4. The molecule has 0 atom stereocenters. The molecule has 0 heterocycles. The summed E-state index contributed by atoms with van der Waals surface area (Å²) in [5.74, 6) is 0. The van der Waals surface area contributed by atoms with Crippen molar-refractivity contribution in [3.05, 3.63) is 0 Å². The third-order valence-electron chi connectivity index (χ3n) is 3.25. The Balaban J connectivity index is 3.54. The van der Waals surface area contributed by atoms with E-state index in [4.69, 9.17) is 9.47 Å². The van der Waals surface area contributed by atoms with Gasteiger partial charge in [-0.15, -0.1) is 0 Å². The Hall–Kier alpha value is -0.120. The summed E-state index contributed by atoms with van der Waals surface area (Å²) in [5.41, 5.74) is 0.0707. The summed E-state index contributed by atoms with van der Waals surface area (Å²) in [6, 6.07) is 0. The van der Waals surface area contributed by atoms with E-state index in [2.05, 4.69) is 13.8 Å². The van der Waals surface area contributed by atoms with Gasteiger partial charge in [-0.25, -0.2) is 0 Å². The minimum absolute atomic E-state index is 0.0707. The van der Waals surface area contributed by atoms with Gasteiger partial charge in [-0.3, -0.25) is 0 Å². The van der Waals surface area contributed by atoms with Crippen molar-refractivity contribution in [3.63, 3.8) is 0 Å². The molecule has 0 aliphatic carbocycles. The van der Waals surface area contributed by atoms with Crippen LogP contribution in [0.25, 0.3) is 0 Å². The van der Waals surface area contributed by atoms with Gasteiger partial charge in [-0.1, -0.05) is 13.8 Å². The predicted molar refractivity (Wildman–Crippen MR) is 62.0 cm³/mol. The van der Waals surface area contributed by atoms with Gasteiger partial charge in [0.15, 0.2) is 0 Å². The summed E-state index contributed by atoms with van der Waals surface area (Å²) in [7, 11) is 1.70. The van der Waals surface area contributed by atoms with Crippen LogP contribution >= 0.6 is 0 Å².